The lowest BCUT2D eigenvalue weighted by Crippen LogP contribution is -2.65. The molecule has 46 heavy (non-hydrogen) atoms. The summed E-state index contributed by atoms with van der Waals surface area (Å²) in [7, 11) is 0. The predicted molar refractivity (Wildman–Crippen MR) is 178 cm³/mol. The van der Waals surface area contributed by atoms with Crippen LogP contribution in [0.1, 0.15) is 62.5 Å². The summed E-state index contributed by atoms with van der Waals surface area (Å²) in [5.74, 6) is -0.0465. The van der Waals surface area contributed by atoms with Crippen molar-refractivity contribution in [3.05, 3.63) is 59.8 Å². The van der Waals surface area contributed by atoms with Crippen LogP contribution in [-0.4, -0.2) is 100 Å². The quantitative estimate of drug-likeness (QED) is 0.335. The number of H-pyrrole nitrogens is 1. The Morgan fingerprint density at radius 2 is 1.74 bits per heavy atom. The zero-order valence-corrected chi connectivity index (χ0v) is 26.9. The minimum Gasteiger partial charge on any atom is -0.343 e. The Morgan fingerprint density at radius 1 is 0.957 bits per heavy atom. The van der Waals surface area contributed by atoms with Crippen LogP contribution in [0.25, 0.3) is 10.9 Å². The van der Waals surface area contributed by atoms with Gasteiger partial charge in [0.1, 0.15) is 0 Å². The summed E-state index contributed by atoms with van der Waals surface area (Å²) in [5, 5.41) is 14.8. The Labute approximate surface area is 271 Å². The molecule has 1 aromatic heterocycles. The molecule has 10 nitrogen and oxygen atoms in total. The third-order valence-electron chi connectivity index (χ3n) is 11.2. The molecule has 3 fully saturated rings. The summed E-state index contributed by atoms with van der Waals surface area (Å²) in [6, 6.07) is 14.6. The zero-order chi connectivity index (χ0) is 31.5. The number of para-hydroxylation sites is 1. The fraction of sp³-hybridized carbons (Fsp3) is 0.556. The van der Waals surface area contributed by atoms with Gasteiger partial charge in [0.15, 0.2) is 0 Å². The Morgan fingerprint density at radius 3 is 2.54 bits per heavy atom. The molecule has 7 rings (SSSR count). The highest BCUT2D eigenvalue weighted by Crippen LogP contribution is 2.33. The largest absolute Gasteiger partial charge is 0.343 e. The first-order valence-electron chi connectivity index (χ1n) is 17.5. The second kappa shape index (κ2) is 13.5. The maximum atomic E-state index is 14.9. The minimum atomic E-state index is -0.377. The number of anilines is 1. The van der Waals surface area contributed by atoms with Crippen molar-refractivity contribution in [3.63, 3.8) is 0 Å². The van der Waals surface area contributed by atoms with Gasteiger partial charge in [-0.15, -0.1) is 0 Å². The van der Waals surface area contributed by atoms with Crippen LogP contribution in [0.5, 0.6) is 0 Å². The third kappa shape index (κ3) is 6.29. The number of aromatic nitrogens is 2. The number of nitrogens with zero attached hydrogens (tertiary/aromatic N) is 4. The predicted octanol–water partition coefficient (Wildman–Crippen LogP) is 4.47. The van der Waals surface area contributed by atoms with Crippen LogP contribution in [0.15, 0.2) is 48.7 Å². The topological polar surface area (TPSA) is 110 Å². The number of hydrogen-bond donors (Lipinski definition) is 3. The number of quaternary nitrogens is 1. The molecular formula is C36H48N7O3+. The number of carbonyl (C=O) groups is 3. The number of aromatic amines is 1. The molecule has 0 radical (unpaired) electrons. The van der Waals surface area contributed by atoms with Gasteiger partial charge < -0.3 is 20.4 Å². The highest BCUT2D eigenvalue weighted by molar-refractivity contribution is 5.91. The van der Waals surface area contributed by atoms with E-state index >= 15 is 0 Å². The number of piperidine rings is 3. The van der Waals surface area contributed by atoms with Crippen LogP contribution >= 0.6 is 0 Å². The van der Waals surface area contributed by atoms with Crippen LogP contribution in [0.2, 0.25) is 0 Å². The molecule has 4 aliphatic rings. The van der Waals surface area contributed by atoms with E-state index in [0.717, 1.165) is 98.8 Å². The molecule has 3 N–H and O–H groups in total. The summed E-state index contributed by atoms with van der Waals surface area (Å²) in [6.07, 6.45) is 10.3. The van der Waals surface area contributed by atoms with E-state index in [9.17, 15) is 14.4 Å². The van der Waals surface area contributed by atoms with E-state index in [4.69, 9.17) is 0 Å². The van der Waals surface area contributed by atoms with Gasteiger partial charge in [0.25, 0.3) is 0 Å². The van der Waals surface area contributed by atoms with Crippen molar-refractivity contribution in [2.45, 2.75) is 76.3 Å². The summed E-state index contributed by atoms with van der Waals surface area (Å²) < 4.78 is 0.544. The summed E-state index contributed by atoms with van der Waals surface area (Å²) in [5.41, 5.74) is 4.10. The van der Waals surface area contributed by atoms with E-state index < -0.39 is 0 Å². The molecule has 5 heterocycles. The molecule has 1 atom stereocenters. The number of nitrogens with one attached hydrogen (secondary N) is 3. The van der Waals surface area contributed by atoms with Crippen molar-refractivity contribution < 1.29 is 18.9 Å². The van der Waals surface area contributed by atoms with E-state index in [2.05, 4.69) is 39.0 Å². The van der Waals surface area contributed by atoms with Gasteiger partial charge in [0.2, 0.25) is 5.91 Å². The van der Waals surface area contributed by atoms with Gasteiger partial charge in [-0.1, -0.05) is 24.3 Å². The van der Waals surface area contributed by atoms with E-state index in [0.29, 0.717) is 36.6 Å². The Bertz CT molecular complexity index is 1550. The number of likely N-dealkylation sites (tertiary alicyclic amines) is 2. The average molecular weight is 627 g/mol. The van der Waals surface area contributed by atoms with Gasteiger partial charge in [-0.3, -0.25) is 14.4 Å². The first kappa shape index (κ1) is 30.9. The smallest absolute Gasteiger partial charge is 0.322 e. The first-order chi connectivity index (χ1) is 22.5. The molecule has 0 bridgehead atoms. The van der Waals surface area contributed by atoms with Gasteiger partial charge in [-0.2, -0.15) is 5.10 Å². The maximum absolute atomic E-state index is 14.9. The first-order valence-corrected chi connectivity index (χ1v) is 17.5. The number of urea groups is 1. The minimum absolute atomic E-state index is 0.0524. The van der Waals surface area contributed by atoms with Crippen LogP contribution < -0.4 is 10.6 Å². The maximum Gasteiger partial charge on any atom is 0.322 e. The molecule has 244 valence electrons. The molecule has 0 aliphatic carbocycles. The Hall–Kier alpha value is -3.76. The van der Waals surface area contributed by atoms with Crippen LogP contribution in [0, 0.1) is 5.92 Å². The Balaban J connectivity index is 1.06. The van der Waals surface area contributed by atoms with Gasteiger partial charge >= 0.3 is 11.9 Å². The molecule has 4 amide bonds. The number of benzene rings is 2. The number of hydrogen-bond acceptors (Lipinski definition) is 5. The Kier molecular flexibility index (Phi) is 9.08. The molecule has 10 heteroatoms. The van der Waals surface area contributed by atoms with Gasteiger partial charge in [0, 0.05) is 69.1 Å². The fourth-order valence-corrected chi connectivity index (χ4v) is 8.66. The summed E-state index contributed by atoms with van der Waals surface area (Å²) in [6.45, 7) is 5.58. The van der Waals surface area contributed by atoms with Crippen LogP contribution in [0.3, 0.4) is 0 Å². The second-order valence-electron chi connectivity index (χ2n) is 13.9. The molecule has 0 saturated carbocycles. The third-order valence-corrected chi connectivity index (χ3v) is 11.2. The average Bonchev–Trinajstić information content (AvgIpc) is 3.50. The van der Waals surface area contributed by atoms with Crippen molar-refractivity contribution in [3.8, 4) is 0 Å². The molecule has 3 aromatic rings. The number of carbonyl (C=O) groups excluding carboxylic acids is 3. The summed E-state index contributed by atoms with van der Waals surface area (Å²) >= 11 is 0. The van der Waals surface area contributed by atoms with E-state index in [1.165, 1.54) is 6.42 Å². The molecule has 0 spiro atoms. The highest BCUT2D eigenvalue weighted by Gasteiger charge is 2.48. The molecule has 1 unspecified atom stereocenters. The lowest BCUT2D eigenvalue weighted by atomic mass is 9.88. The molecular weight excluding hydrogens is 578 g/mol. The van der Waals surface area contributed by atoms with Crippen molar-refractivity contribution in [1.29, 1.82) is 0 Å². The lowest BCUT2D eigenvalue weighted by molar-refractivity contribution is -0.887. The normalized spacial score (nSPS) is 21.8. The molecule has 4 aliphatic heterocycles. The molecule has 2 aromatic carbocycles. The summed E-state index contributed by atoms with van der Waals surface area (Å²) in [4.78, 5) is 46.0. The monoisotopic (exact) mass is 626 g/mol. The van der Waals surface area contributed by atoms with Gasteiger partial charge in [-0.05, 0) is 74.3 Å². The zero-order valence-electron chi connectivity index (χ0n) is 26.9. The van der Waals surface area contributed by atoms with Crippen molar-refractivity contribution in [1.82, 2.24) is 25.3 Å². The standard InChI is InChI=1S/C36H47N7O3/c44-34(41-17-13-30(14-18-41)42-19-12-27-6-2-3-7-32(27)39-36(42)46)24-28(22-26-8-9-33-29(23-26)25-38-40-33)35(45)43(20-4-1-5-21-43)31-10-15-37-16-11-31/h2-3,6-9,23,25,28,30-31,37H,1,4-5,10-22,24H2,(H-,38,39,40,46)/p+1. The van der Waals surface area contributed by atoms with E-state index in [1.54, 1.807) is 0 Å². The van der Waals surface area contributed by atoms with Gasteiger partial charge in [-0.25, -0.2) is 9.59 Å². The number of fused-ring (bicyclic) bond motifs is 2. The SMILES string of the molecule is O=C(CC(Cc1ccc2[nH]ncc2c1)C(=O)[N+]1(C2CCNCC2)CCCCC1)N1CCC(N2CCc3ccccc3NC2=O)CC1. The van der Waals surface area contributed by atoms with E-state index in [1.807, 2.05) is 40.3 Å². The van der Waals surface area contributed by atoms with Crippen molar-refractivity contribution >= 4 is 34.4 Å². The highest BCUT2D eigenvalue weighted by atomic mass is 16.2. The van der Waals surface area contributed by atoms with E-state index in [-0.39, 0.29) is 36.2 Å². The van der Waals surface area contributed by atoms with Crippen LogP contribution in [-0.2, 0) is 22.4 Å². The van der Waals surface area contributed by atoms with Crippen LogP contribution in [0.4, 0.5) is 10.5 Å². The van der Waals surface area contributed by atoms with Crippen molar-refractivity contribution in [2.75, 3.05) is 51.1 Å². The van der Waals surface area contributed by atoms with Gasteiger partial charge in [0.05, 0.1) is 36.8 Å². The van der Waals surface area contributed by atoms with Crippen molar-refractivity contribution in [2.24, 2.45) is 5.92 Å². The number of amides is 4. The molecule has 3 saturated heterocycles. The second-order valence-corrected chi connectivity index (χ2v) is 13.9. The lowest BCUT2D eigenvalue weighted by Gasteiger charge is -2.48. The fourth-order valence-electron chi connectivity index (χ4n) is 8.66. The number of rotatable bonds is 7.